The Bertz CT molecular complexity index is 737. The Morgan fingerprint density at radius 1 is 0.964 bits per heavy atom. The van der Waals surface area contributed by atoms with Gasteiger partial charge in [0.1, 0.15) is 6.04 Å². The normalized spacial score (nSPS) is 12.8. The van der Waals surface area contributed by atoms with Crippen LogP contribution in [0.4, 0.5) is 0 Å². The van der Waals surface area contributed by atoms with Gasteiger partial charge in [0.25, 0.3) is 0 Å². The molecule has 2 amide bonds. The van der Waals surface area contributed by atoms with Crippen LogP contribution in [0, 0.1) is 0 Å². The fraction of sp³-hybridized carbons (Fsp3) is 0.391. The molecule has 2 unspecified atom stereocenters. The van der Waals surface area contributed by atoms with Gasteiger partial charge in [-0.1, -0.05) is 62.4 Å². The van der Waals surface area contributed by atoms with Crippen molar-refractivity contribution in [3.05, 3.63) is 66.2 Å². The standard InChI is InChI=1S/C23H30N2O2S/c1-4-18(3)24-23(27)21(5-2)25(16-19-12-8-6-9-13-19)22(26)17-28-20-14-10-7-11-15-20/h6-15,18,21H,4-5,16-17H2,1-3H3,(H,24,27). The molecule has 0 aliphatic carbocycles. The lowest BCUT2D eigenvalue weighted by Crippen LogP contribution is -2.51. The topological polar surface area (TPSA) is 49.4 Å². The molecule has 5 heteroatoms. The first-order valence-corrected chi connectivity index (χ1v) is 10.8. The van der Waals surface area contributed by atoms with E-state index in [4.69, 9.17) is 0 Å². The van der Waals surface area contributed by atoms with Crippen LogP contribution in [0.5, 0.6) is 0 Å². The minimum absolute atomic E-state index is 0.0242. The molecule has 0 saturated heterocycles. The lowest BCUT2D eigenvalue weighted by atomic mass is 10.1. The lowest BCUT2D eigenvalue weighted by molar-refractivity contribution is -0.139. The first-order chi connectivity index (χ1) is 13.5. The summed E-state index contributed by atoms with van der Waals surface area (Å²) in [6.45, 7) is 6.41. The van der Waals surface area contributed by atoms with Crippen LogP contribution in [0.15, 0.2) is 65.6 Å². The fourth-order valence-corrected chi connectivity index (χ4v) is 3.69. The summed E-state index contributed by atoms with van der Waals surface area (Å²) in [6, 6.07) is 19.3. The maximum absolute atomic E-state index is 13.1. The molecule has 2 rings (SSSR count). The number of hydrogen-bond acceptors (Lipinski definition) is 3. The number of carbonyl (C=O) groups is 2. The van der Waals surface area contributed by atoms with Crippen LogP contribution in [0.2, 0.25) is 0 Å². The average Bonchev–Trinajstić information content (AvgIpc) is 2.73. The van der Waals surface area contributed by atoms with E-state index in [1.54, 1.807) is 4.90 Å². The van der Waals surface area contributed by atoms with E-state index >= 15 is 0 Å². The van der Waals surface area contributed by atoms with Crippen molar-refractivity contribution < 1.29 is 9.59 Å². The highest BCUT2D eigenvalue weighted by molar-refractivity contribution is 8.00. The number of nitrogens with one attached hydrogen (secondary N) is 1. The molecule has 0 aliphatic heterocycles. The predicted molar refractivity (Wildman–Crippen MR) is 116 cm³/mol. The molecule has 28 heavy (non-hydrogen) atoms. The number of amides is 2. The molecule has 0 radical (unpaired) electrons. The number of nitrogens with zero attached hydrogens (tertiary/aromatic N) is 1. The van der Waals surface area contributed by atoms with Gasteiger partial charge in [-0.15, -0.1) is 11.8 Å². The van der Waals surface area contributed by atoms with Crippen LogP contribution in [-0.2, 0) is 16.1 Å². The number of rotatable bonds is 10. The van der Waals surface area contributed by atoms with Crippen LogP contribution in [0.1, 0.15) is 39.2 Å². The summed E-state index contributed by atoms with van der Waals surface area (Å²) >= 11 is 1.50. The third-order valence-electron chi connectivity index (χ3n) is 4.69. The number of carbonyl (C=O) groups excluding carboxylic acids is 2. The Morgan fingerprint density at radius 3 is 2.14 bits per heavy atom. The molecule has 0 saturated carbocycles. The van der Waals surface area contributed by atoms with Gasteiger partial charge in [0.2, 0.25) is 11.8 Å². The Morgan fingerprint density at radius 2 is 1.57 bits per heavy atom. The van der Waals surface area contributed by atoms with Gasteiger partial charge in [0.05, 0.1) is 5.75 Å². The molecule has 2 aromatic carbocycles. The van der Waals surface area contributed by atoms with Crippen molar-refractivity contribution in [1.29, 1.82) is 0 Å². The predicted octanol–water partition coefficient (Wildman–Crippen LogP) is 4.50. The second-order valence-electron chi connectivity index (χ2n) is 6.85. The van der Waals surface area contributed by atoms with Crippen molar-refractivity contribution in [2.45, 2.75) is 57.1 Å². The highest BCUT2D eigenvalue weighted by Gasteiger charge is 2.29. The Balaban J connectivity index is 2.16. The van der Waals surface area contributed by atoms with Crippen molar-refractivity contribution in [1.82, 2.24) is 10.2 Å². The van der Waals surface area contributed by atoms with Gasteiger partial charge in [-0.3, -0.25) is 9.59 Å². The minimum atomic E-state index is -0.474. The number of thioether (sulfide) groups is 1. The number of benzene rings is 2. The molecule has 0 aliphatic rings. The van der Waals surface area contributed by atoms with Gasteiger partial charge in [-0.25, -0.2) is 0 Å². The molecular formula is C23H30N2O2S. The van der Waals surface area contributed by atoms with Crippen LogP contribution >= 0.6 is 11.8 Å². The summed E-state index contributed by atoms with van der Waals surface area (Å²) in [6.07, 6.45) is 1.44. The summed E-state index contributed by atoms with van der Waals surface area (Å²) in [4.78, 5) is 28.7. The van der Waals surface area contributed by atoms with Crippen LogP contribution in [0.3, 0.4) is 0 Å². The van der Waals surface area contributed by atoms with E-state index in [1.165, 1.54) is 11.8 Å². The van der Waals surface area contributed by atoms with Crippen LogP contribution in [-0.4, -0.2) is 34.6 Å². The van der Waals surface area contributed by atoms with Crippen molar-refractivity contribution >= 4 is 23.6 Å². The maximum atomic E-state index is 13.1. The van der Waals surface area contributed by atoms with Gasteiger partial charge >= 0.3 is 0 Å². The maximum Gasteiger partial charge on any atom is 0.243 e. The molecule has 4 nitrogen and oxygen atoms in total. The van der Waals surface area contributed by atoms with E-state index < -0.39 is 6.04 Å². The molecular weight excluding hydrogens is 368 g/mol. The van der Waals surface area contributed by atoms with Crippen molar-refractivity contribution in [3.63, 3.8) is 0 Å². The quantitative estimate of drug-likeness (QED) is 0.600. The highest BCUT2D eigenvalue weighted by Crippen LogP contribution is 2.20. The van der Waals surface area contributed by atoms with E-state index in [0.717, 1.165) is 16.9 Å². The second-order valence-corrected chi connectivity index (χ2v) is 7.90. The molecule has 150 valence electrons. The Labute approximate surface area is 172 Å². The zero-order chi connectivity index (χ0) is 20.4. The van der Waals surface area contributed by atoms with Crippen LogP contribution < -0.4 is 5.32 Å². The minimum Gasteiger partial charge on any atom is -0.352 e. The van der Waals surface area contributed by atoms with Crippen molar-refractivity contribution in [2.75, 3.05) is 5.75 Å². The molecule has 1 N–H and O–H groups in total. The third-order valence-corrected chi connectivity index (χ3v) is 5.68. The monoisotopic (exact) mass is 398 g/mol. The molecule has 0 bridgehead atoms. The number of hydrogen-bond donors (Lipinski definition) is 1. The highest BCUT2D eigenvalue weighted by atomic mass is 32.2. The first-order valence-electron chi connectivity index (χ1n) is 9.86. The molecule has 2 atom stereocenters. The van der Waals surface area contributed by atoms with E-state index in [1.807, 2.05) is 81.4 Å². The van der Waals surface area contributed by atoms with Gasteiger partial charge in [-0.2, -0.15) is 0 Å². The Hall–Kier alpha value is -2.27. The first kappa shape index (κ1) is 22.0. The summed E-state index contributed by atoms with van der Waals surface area (Å²) in [5.41, 5.74) is 1.02. The smallest absolute Gasteiger partial charge is 0.243 e. The SMILES string of the molecule is CCC(C)NC(=O)C(CC)N(Cc1ccccc1)C(=O)CSc1ccccc1. The second kappa shape index (κ2) is 11.5. The summed E-state index contributed by atoms with van der Waals surface area (Å²) in [7, 11) is 0. The van der Waals surface area contributed by atoms with E-state index in [2.05, 4.69) is 5.32 Å². The molecule has 2 aromatic rings. The molecule has 0 fully saturated rings. The van der Waals surface area contributed by atoms with Crippen molar-refractivity contribution in [2.24, 2.45) is 0 Å². The van der Waals surface area contributed by atoms with E-state index in [-0.39, 0.29) is 17.9 Å². The zero-order valence-corrected chi connectivity index (χ0v) is 17.7. The van der Waals surface area contributed by atoms with Gasteiger partial charge in [0.15, 0.2) is 0 Å². The molecule has 0 heterocycles. The Kier molecular flexibility index (Phi) is 9.08. The van der Waals surface area contributed by atoms with Crippen LogP contribution in [0.25, 0.3) is 0 Å². The van der Waals surface area contributed by atoms with Gasteiger partial charge in [-0.05, 0) is 37.5 Å². The van der Waals surface area contributed by atoms with Gasteiger partial charge in [0, 0.05) is 17.5 Å². The van der Waals surface area contributed by atoms with Crippen molar-refractivity contribution in [3.8, 4) is 0 Å². The average molecular weight is 399 g/mol. The zero-order valence-electron chi connectivity index (χ0n) is 16.9. The van der Waals surface area contributed by atoms with E-state index in [0.29, 0.717) is 18.7 Å². The summed E-state index contributed by atoms with van der Waals surface area (Å²) < 4.78 is 0. The third kappa shape index (κ3) is 6.71. The van der Waals surface area contributed by atoms with Gasteiger partial charge < -0.3 is 10.2 Å². The largest absolute Gasteiger partial charge is 0.352 e. The summed E-state index contributed by atoms with van der Waals surface area (Å²) in [5, 5.41) is 3.04. The molecule has 0 spiro atoms. The van der Waals surface area contributed by atoms with E-state index in [9.17, 15) is 9.59 Å². The summed E-state index contributed by atoms with van der Waals surface area (Å²) in [5.74, 6) is 0.207. The molecule has 0 aromatic heterocycles. The fourth-order valence-electron chi connectivity index (χ4n) is 2.89. The lowest BCUT2D eigenvalue weighted by Gasteiger charge is -2.31.